The van der Waals surface area contributed by atoms with Crippen LogP contribution in [0.2, 0.25) is 0 Å². The van der Waals surface area contributed by atoms with Crippen LogP contribution in [0, 0.1) is 0 Å². The Kier molecular flexibility index (Phi) is 6.41. The molecule has 124 valence electrons. The molecule has 0 radical (unpaired) electrons. The van der Waals surface area contributed by atoms with Crippen LogP contribution in [-0.2, 0) is 14.8 Å². The van der Waals surface area contributed by atoms with E-state index in [1.54, 1.807) is 12.3 Å². The van der Waals surface area contributed by atoms with Crippen molar-refractivity contribution in [3.05, 3.63) is 18.3 Å². The summed E-state index contributed by atoms with van der Waals surface area (Å²) in [5.41, 5.74) is 0.881. The number of aromatic nitrogens is 1. The van der Waals surface area contributed by atoms with Crippen LogP contribution >= 0.6 is 0 Å². The summed E-state index contributed by atoms with van der Waals surface area (Å²) in [7, 11) is -3.28. The number of sulfonamides is 1. The highest BCUT2D eigenvalue weighted by atomic mass is 32.2. The van der Waals surface area contributed by atoms with Crippen molar-refractivity contribution in [2.24, 2.45) is 0 Å². The van der Waals surface area contributed by atoms with Gasteiger partial charge >= 0.3 is 0 Å². The molecule has 0 aliphatic carbocycles. The lowest BCUT2D eigenvalue weighted by Crippen LogP contribution is -2.39. The Morgan fingerprint density at radius 3 is 2.73 bits per heavy atom. The SMILES string of the molecule is CCCS(=O)(=O)Nc1ccc(NCCN2CCOCC2)cn1. The van der Waals surface area contributed by atoms with Gasteiger partial charge in [0.05, 0.1) is 30.9 Å². The maximum atomic E-state index is 11.6. The van der Waals surface area contributed by atoms with E-state index in [1.807, 2.05) is 13.0 Å². The maximum Gasteiger partial charge on any atom is 0.233 e. The first kappa shape index (κ1) is 17.0. The van der Waals surface area contributed by atoms with Crippen LogP contribution < -0.4 is 10.0 Å². The van der Waals surface area contributed by atoms with Crippen molar-refractivity contribution >= 4 is 21.5 Å². The van der Waals surface area contributed by atoms with Crippen molar-refractivity contribution in [3.8, 4) is 0 Å². The van der Waals surface area contributed by atoms with E-state index in [1.165, 1.54) is 0 Å². The number of nitrogens with zero attached hydrogens (tertiary/aromatic N) is 2. The molecule has 1 aliphatic heterocycles. The van der Waals surface area contributed by atoms with Gasteiger partial charge in [0.2, 0.25) is 10.0 Å². The summed E-state index contributed by atoms with van der Waals surface area (Å²) in [5, 5.41) is 3.28. The summed E-state index contributed by atoms with van der Waals surface area (Å²) in [5.74, 6) is 0.459. The second-order valence-electron chi connectivity index (χ2n) is 5.23. The average Bonchev–Trinajstić information content (AvgIpc) is 2.50. The summed E-state index contributed by atoms with van der Waals surface area (Å²) in [6, 6.07) is 3.50. The Bertz CT molecular complexity index is 542. The number of ether oxygens (including phenoxy) is 1. The monoisotopic (exact) mass is 328 g/mol. The Hall–Kier alpha value is -1.38. The quantitative estimate of drug-likeness (QED) is 0.740. The smallest absolute Gasteiger partial charge is 0.233 e. The molecule has 1 saturated heterocycles. The van der Waals surface area contributed by atoms with Crippen molar-refractivity contribution in [1.29, 1.82) is 0 Å². The molecule has 0 unspecified atom stereocenters. The van der Waals surface area contributed by atoms with Gasteiger partial charge < -0.3 is 10.1 Å². The van der Waals surface area contributed by atoms with Crippen LogP contribution in [0.5, 0.6) is 0 Å². The van der Waals surface area contributed by atoms with Crippen molar-refractivity contribution < 1.29 is 13.2 Å². The summed E-state index contributed by atoms with van der Waals surface area (Å²) >= 11 is 0. The van der Waals surface area contributed by atoms with E-state index in [9.17, 15) is 8.42 Å². The van der Waals surface area contributed by atoms with E-state index in [0.29, 0.717) is 12.2 Å². The highest BCUT2D eigenvalue weighted by molar-refractivity contribution is 7.92. The van der Waals surface area contributed by atoms with E-state index in [0.717, 1.165) is 45.1 Å². The largest absolute Gasteiger partial charge is 0.383 e. The van der Waals surface area contributed by atoms with Crippen molar-refractivity contribution in [3.63, 3.8) is 0 Å². The number of nitrogens with one attached hydrogen (secondary N) is 2. The molecule has 0 saturated carbocycles. The fraction of sp³-hybridized carbons (Fsp3) is 0.643. The van der Waals surface area contributed by atoms with E-state index in [2.05, 4.69) is 19.9 Å². The first-order valence-electron chi connectivity index (χ1n) is 7.59. The highest BCUT2D eigenvalue weighted by Crippen LogP contribution is 2.11. The molecular weight excluding hydrogens is 304 g/mol. The topological polar surface area (TPSA) is 83.6 Å². The highest BCUT2D eigenvalue weighted by Gasteiger charge is 2.10. The van der Waals surface area contributed by atoms with Gasteiger partial charge in [-0.2, -0.15) is 0 Å². The fourth-order valence-corrected chi connectivity index (χ4v) is 3.30. The van der Waals surface area contributed by atoms with Crippen LogP contribution in [0.1, 0.15) is 13.3 Å². The lowest BCUT2D eigenvalue weighted by atomic mass is 10.3. The molecule has 0 bridgehead atoms. The van der Waals surface area contributed by atoms with Crippen LogP contribution in [0.15, 0.2) is 18.3 Å². The van der Waals surface area contributed by atoms with Gasteiger partial charge in [0.25, 0.3) is 0 Å². The van der Waals surface area contributed by atoms with Crippen molar-refractivity contribution in [1.82, 2.24) is 9.88 Å². The molecular formula is C14H24N4O3S. The number of hydrogen-bond acceptors (Lipinski definition) is 6. The minimum atomic E-state index is -3.28. The molecule has 0 spiro atoms. The van der Waals surface area contributed by atoms with Crippen LogP contribution in [0.25, 0.3) is 0 Å². The Morgan fingerprint density at radius 2 is 2.09 bits per heavy atom. The molecule has 2 N–H and O–H groups in total. The van der Waals surface area contributed by atoms with E-state index < -0.39 is 10.0 Å². The third-order valence-electron chi connectivity index (χ3n) is 3.36. The van der Waals surface area contributed by atoms with Crippen molar-refractivity contribution in [2.45, 2.75) is 13.3 Å². The van der Waals surface area contributed by atoms with Crippen LogP contribution in [0.3, 0.4) is 0 Å². The normalized spacial score (nSPS) is 16.4. The standard InChI is InChI=1S/C14H24N4O3S/c1-2-11-22(19,20)17-14-4-3-13(12-16-14)15-5-6-18-7-9-21-10-8-18/h3-4,12,15H,2,5-11H2,1H3,(H,16,17). The first-order chi connectivity index (χ1) is 10.6. The number of rotatable bonds is 8. The number of anilines is 2. The molecule has 7 nitrogen and oxygen atoms in total. The minimum absolute atomic E-state index is 0.105. The molecule has 1 fully saturated rings. The van der Waals surface area contributed by atoms with Gasteiger partial charge in [-0.15, -0.1) is 0 Å². The van der Waals surface area contributed by atoms with Gasteiger partial charge in [0.1, 0.15) is 5.82 Å². The molecule has 1 aromatic rings. The average molecular weight is 328 g/mol. The summed E-state index contributed by atoms with van der Waals surface area (Å²) < 4.78 is 31.1. The van der Waals surface area contributed by atoms with E-state index >= 15 is 0 Å². The molecule has 0 amide bonds. The van der Waals surface area contributed by atoms with Gasteiger partial charge in [0, 0.05) is 26.2 Å². The third-order valence-corrected chi connectivity index (χ3v) is 4.82. The molecule has 2 heterocycles. The molecule has 1 aliphatic rings. The van der Waals surface area contributed by atoms with Crippen molar-refractivity contribution in [2.75, 3.05) is 55.2 Å². The van der Waals surface area contributed by atoms with Crippen LogP contribution in [-0.4, -0.2) is 63.4 Å². The molecule has 0 atom stereocenters. The van der Waals surface area contributed by atoms with E-state index in [4.69, 9.17) is 4.74 Å². The molecule has 0 aromatic carbocycles. The first-order valence-corrected chi connectivity index (χ1v) is 9.25. The Balaban J connectivity index is 1.76. The lowest BCUT2D eigenvalue weighted by Gasteiger charge is -2.26. The number of pyridine rings is 1. The molecule has 1 aromatic heterocycles. The number of hydrogen-bond donors (Lipinski definition) is 2. The zero-order valence-electron chi connectivity index (χ0n) is 12.9. The predicted molar refractivity (Wildman–Crippen MR) is 87.7 cm³/mol. The minimum Gasteiger partial charge on any atom is -0.383 e. The Labute approximate surface area is 132 Å². The zero-order valence-corrected chi connectivity index (χ0v) is 13.7. The van der Waals surface area contributed by atoms with Gasteiger partial charge in [-0.1, -0.05) is 6.92 Å². The molecule has 22 heavy (non-hydrogen) atoms. The summed E-state index contributed by atoms with van der Waals surface area (Å²) in [6.07, 6.45) is 2.22. The van der Waals surface area contributed by atoms with Gasteiger partial charge in [-0.05, 0) is 18.6 Å². The van der Waals surface area contributed by atoms with Gasteiger partial charge in [-0.25, -0.2) is 13.4 Å². The predicted octanol–water partition coefficient (Wildman–Crippen LogP) is 0.977. The van der Waals surface area contributed by atoms with Crippen LogP contribution in [0.4, 0.5) is 11.5 Å². The lowest BCUT2D eigenvalue weighted by molar-refractivity contribution is 0.0398. The zero-order chi connectivity index (χ0) is 15.8. The number of morpholine rings is 1. The summed E-state index contributed by atoms with van der Waals surface area (Å²) in [4.78, 5) is 6.47. The third kappa shape index (κ3) is 5.78. The van der Waals surface area contributed by atoms with Gasteiger partial charge in [0.15, 0.2) is 0 Å². The second kappa shape index (κ2) is 8.30. The van der Waals surface area contributed by atoms with E-state index in [-0.39, 0.29) is 5.75 Å². The second-order valence-corrected chi connectivity index (χ2v) is 7.08. The summed E-state index contributed by atoms with van der Waals surface area (Å²) in [6.45, 7) is 7.14. The van der Waals surface area contributed by atoms with Gasteiger partial charge in [-0.3, -0.25) is 9.62 Å². The molecule has 2 rings (SSSR count). The maximum absolute atomic E-state index is 11.6. The molecule has 8 heteroatoms. The fourth-order valence-electron chi connectivity index (χ4n) is 2.22. The Morgan fingerprint density at radius 1 is 1.32 bits per heavy atom.